The van der Waals surface area contributed by atoms with Gasteiger partial charge in [-0.1, -0.05) is 0 Å². The second-order valence-corrected chi connectivity index (χ2v) is 5.92. The second kappa shape index (κ2) is 4.16. The highest BCUT2D eigenvalue weighted by atomic mass is 16.6. The molecule has 3 rings (SSSR count). The van der Waals surface area contributed by atoms with E-state index in [-0.39, 0.29) is 11.4 Å². The fourth-order valence-corrected chi connectivity index (χ4v) is 3.51. The Hall–Kier alpha value is -1.69. The molecule has 0 radical (unpaired) electrons. The maximum atomic E-state index is 10.6. The molecule has 1 aromatic rings. The van der Waals surface area contributed by atoms with Crippen molar-refractivity contribution in [1.29, 1.82) is 0 Å². The van der Waals surface area contributed by atoms with Crippen molar-refractivity contribution in [3.05, 3.63) is 28.4 Å². The Morgan fingerprint density at radius 3 is 2.84 bits per heavy atom. The Morgan fingerprint density at radius 1 is 1.47 bits per heavy atom. The molecule has 6 heteroatoms. The molecule has 1 N–H and O–H groups in total. The third kappa shape index (κ3) is 1.87. The SMILES string of the molecule is CC1(C)C2CNCC2CN1c1ccc([N+](=O)[O-])nc1. The number of aromatic nitrogens is 1. The van der Waals surface area contributed by atoms with Crippen LogP contribution in [0.1, 0.15) is 13.8 Å². The molecule has 2 fully saturated rings. The summed E-state index contributed by atoms with van der Waals surface area (Å²) in [5.74, 6) is 1.19. The van der Waals surface area contributed by atoms with E-state index >= 15 is 0 Å². The Bertz CT molecular complexity index is 500. The standard InChI is InChI=1S/C13H18N4O2/c1-13(2)11-7-14-5-9(11)8-16(13)10-3-4-12(15-6-10)17(18)19/h3-4,6,9,11,14H,5,7-8H2,1-2H3. The molecule has 2 aliphatic rings. The van der Waals surface area contributed by atoms with Crippen LogP contribution >= 0.6 is 0 Å². The molecule has 0 amide bonds. The Balaban J connectivity index is 1.88. The zero-order valence-corrected chi connectivity index (χ0v) is 11.2. The molecule has 1 aromatic heterocycles. The molecule has 0 aromatic carbocycles. The first-order chi connectivity index (χ1) is 9.00. The topological polar surface area (TPSA) is 71.3 Å². The Kier molecular flexibility index (Phi) is 2.70. The van der Waals surface area contributed by atoms with Gasteiger partial charge in [0, 0.05) is 31.2 Å². The molecule has 2 unspecified atom stereocenters. The van der Waals surface area contributed by atoms with Gasteiger partial charge in [-0.3, -0.25) is 0 Å². The van der Waals surface area contributed by atoms with Crippen LogP contribution in [0.4, 0.5) is 11.5 Å². The first-order valence-corrected chi connectivity index (χ1v) is 6.59. The summed E-state index contributed by atoms with van der Waals surface area (Å²) in [6.45, 7) is 7.59. The maximum Gasteiger partial charge on any atom is 0.363 e. The van der Waals surface area contributed by atoms with Crippen molar-refractivity contribution < 1.29 is 4.92 Å². The van der Waals surface area contributed by atoms with E-state index in [1.807, 2.05) is 0 Å². The van der Waals surface area contributed by atoms with E-state index in [9.17, 15) is 10.1 Å². The van der Waals surface area contributed by atoms with Crippen molar-refractivity contribution in [3.8, 4) is 0 Å². The minimum atomic E-state index is -0.461. The second-order valence-electron chi connectivity index (χ2n) is 5.92. The third-order valence-electron chi connectivity index (χ3n) is 4.59. The average molecular weight is 262 g/mol. The van der Waals surface area contributed by atoms with E-state index in [2.05, 4.69) is 29.0 Å². The molecular formula is C13H18N4O2. The van der Waals surface area contributed by atoms with Gasteiger partial charge in [0.15, 0.2) is 6.20 Å². The summed E-state index contributed by atoms with van der Waals surface area (Å²) in [6.07, 6.45) is 1.62. The molecule has 102 valence electrons. The van der Waals surface area contributed by atoms with E-state index < -0.39 is 4.92 Å². The minimum Gasteiger partial charge on any atom is -0.363 e. The predicted octanol–water partition coefficient (Wildman–Crippen LogP) is 1.42. The fraction of sp³-hybridized carbons (Fsp3) is 0.615. The number of hydrogen-bond acceptors (Lipinski definition) is 5. The molecule has 3 heterocycles. The molecule has 0 bridgehead atoms. The van der Waals surface area contributed by atoms with E-state index in [0.717, 1.165) is 25.3 Å². The molecule has 2 atom stereocenters. The van der Waals surface area contributed by atoms with Gasteiger partial charge < -0.3 is 20.3 Å². The summed E-state index contributed by atoms with van der Waals surface area (Å²) >= 11 is 0. The molecular weight excluding hydrogens is 244 g/mol. The van der Waals surface area contributed by atoms with E-state index in [4.69, 9.17) is 0 Å². The van der Waals surface area contributed by atoms with Crippen molar-refractivity contribution >= 4 is 11.5 Å². The van der Waals surface area contributed by atoms with Gasteiger partial charge in [0.05, 0.1) is 5.69 Å². The number of hydrogen-bond donors (Lipinski definition) is 1. The van der Waals surface area contributed by atoms with Gasteiger partial charge in [-0.05, 0) is 41.7 Å². The lowest BCUT2D eigenvalue weighted by Gasteiger charge is -2.36. The largest absolute Gasteiger partial charge is 0.363 e. The van der Waals surface area contributed by atoms with Gasteiger partial charge in [-0.15, -0.1) is 0 Å². The summed E-state index contributed by atoms with van der Waals surface area (Å²) in [4.78, 5) is 16.4. The van der Waals surface area contributed by atoms with Gasteiger partial charge in [0.1, 0.15) is 0 Å². The highest BCUT2D eigenvalue weighted by Gasteiger charge is 2.49. The monoisotopic (exact) mass is 262 g/mol. The lowest BCUT2D eigenvalue weighted by atomic mass is 9.85. The number of anilines is 1. The van der Waals surface area contributed by atoms with Gasteiger partial charge in [0.2, 0.25) is 0 Å². The average Bonchev–Trinajstić information content (AvgIpc) is 2.92. The summed E-state index contributed by atoms with van der Waals surface area (Å²) in [5, 5.41) is 14.1. The van der Waals surface area contributed by atoms with Gasteiger partial charge in [-0.25, -0.2) is 0 Å². The smallest absolute Gasteiger partial charge is 0.363 e. The van der Waals surface area contributed by atoms with Crippen molar-refractivity contribution in [2.45, 2.75) is 19.4 Å². The number of nitrogens with zero attached hydrogens (tertiary/aromatic N) is 3. The first kappa shape index (κ1) is 12.3. The quantitative estimate of drug-likeness (QED) is 0.644. The third-order valence-corrected chi connectivity index (χ3v) is 4.59. The Morgan fingerprint density at radius 2 is 2.26 bits per heavy atom. The molecule has 19 heavy (non-hydrogen) atoms. The van der Waals surface area contributed by atoms with Crippen LogP contribution in [-0.4, -0.2) is 35.1 Å². The number of pyridine rings is 1. The van der Waals surface area contributed by atoms with Crippen LogP contribution in [0.25, 0.3) is 0 Å². The lowest BCUT2D eigenvalue weighted by Crippen LogP contribution is -2.44. The van der Waals surface area contributed by atoms with Gasteiger partial charge in [-0.2, -0.15) is 0 Å². The fourth-order valence-electron chi connectivity index (χ4n) is 3.51. The molecule has 0 spiro atoms. The van der Waals surface area contributed by atoms with Crippen LogP contribution in [0.2, 0.25) is 0 Å². The van der Waals surface area contributed by atoms with E-state index in [1.165, 1.54) is 6.07 Å². The Labute approximate surface area is 112 Å². The molecule has 0 aliphatic carbocycles. The lowest BCUT2D eigenvalue weighted by molar-refractivity contribution is -0.389. The van der Waals surface area contributed by atoms with Gasteiger partial charge >= 0.3 is 5.82 Å². The van der Waals surface area contributed by atoms with E-state index in [1.54, 1.807) is 12.3 Å². The first-order valence-electron chi connectivity index (χ1n) is 6.59. The number of nitrogens with one attached hydrogen (secondary N) is 1. The molecule has 2 aliphatic heterocycles. The predicted molar refractivity (Wildman–Crippen MR) is 72.2 cm³/mol. The van der Waals surface area contributed by atoms with Crippen LogP contribution in [0.3, 0.4) is 0 Å². The highest BCUT2D eigenvalue weighted by Crippen LogP contribution is 2.43. The zero-order chi connectivity index (χ0) is 13.6. The van der Waals surface area contributed by atoms with Crippen LogP contribution < -0.4 is 10.2 Å². The highest BCUT2D eigenvalue weighted by molar-refractivity contribution is 5.51. The van der Waals surface area contributed by atoms with Crippen molar-refractivity contribution in [2.24, 2.45) is 11.8 Å². The van der Waals surface area contributed by atoms with Crippen LogP contribution in [0.15, 0.2) is 18.3 Å². The number of nitro groups is 1. The molecule has 2 saturated heterocycles. The van der Waals surface area contributed by atoms with Crippen molar-refractivity contribution in [2.75, 3.05) is 24.5 Å². The summed E-state index contributed by atoms with van der Waals surface area (Å²) in [5.41, 5.74) is 1.04. The number of fused-ring (bicyclic) bond motifs is 1. The zero-order valence-electron chi connectivity index (χ0n) is 11.2. The maximum absolute atomic E-state index is 10.6. The van der Waals surface area contributed by atoms with Crippen LogP contribution in [0, 0.1) is 22.0 Å². The van der Waals surface area contributed by atoms with Crippen LogP contribution in [0.5, 0.6) is 0 Å². The van der Waals surface area contributed by atoms with Crippen molar-refractivity contribution in [3.63, 3.8) is 0 Å². The van der Waals surface area contributed by atoms with Crippen LogP contribution in [-0.2, 0) is 0 Å². The molecule has 0 saturated carbocycles. The van der Waals surface area contributed by atoms with Crippen molar-refractivity contribution in [1.82, 2.24) is 10.3 Å². The number of rotatable bonds is 2. The minimum absolute atomic E-state index is 0.0615. The summed E-state index contributed by atoms with van der Waals surface area (Å²) in [7, 11) is 0. The normalized spacial score (nSPS) is 28.4. The van der Waals surface area contributed by atoms with Gasteiger partial charge in [0.25, 0.3) is 0 Å². The summed E-state index contributed by atoms with van der Waals surface area (Å²) in [6, 6.07) is 3.29. The molecule has 6 nitrogen and oxygen atoms in total. The van der Waals surface area contributed by atoms with E-state index in [0.29, 0.717) is 11.8 Å². The summed E-state index contributed by atoms with van der Waals surface area (Å²) < 4.78 is 0.